The van der Waals surface area contributed by atoms with Crippen molar-refractivity contribution < 1.29 is 4.74 Å². The Bertz CT molecular complexity index is 352. The number of aryl methyl sites for hydroxylation is 1. The molecule has 0 amide bonds. The highest BCUT2D eigenvalue weighted by Crippen LogP contribution is 2.28. The van der Waals surface area contributed by atoms with E-state index in [9.17, 15) is 0 Å². The quantitative estimate of drug-likeness (QED) is 0.925. The molecule has 2 unspecified atom stereocenters. The van der Waals surface area contributed by atoms with Gasteiger partial charge in [0.2, 0.25) is 0 Å². The number of nitrogens with two attached hydrogens (primary N) is 1. The zero-order valence-electron chi connectivity index (χ0n) is 9.23. The Hall–Kier alpha value is -0.0400. The van der Waals surface area contributed by atoms with Crippen molar-refractivity contribution in [3.05, 3.63) is 16.4 Å². The SMILES string of the molecule is CCn1ncc(Br)c1C(N)C1CSCCO1. The first kappa shape index (κ1) is 12.4. The van der Waals surface area contributed by atoms with Crippen LogP contribution in [0.2, 0.25) is 0 Å². The van der Waals surface area contributed by atoms with E-state index in [2.05, 4.69) is 28.0 Å². The minimum Gasteiger partial charge on any atom is -0.374 e. The third-order valence-corrected chi connectivity index (χ3v) is 4.32. The number of thioether (sulfide) groups is 1. The highest BCUT2D eigenvalue weighted by Gasteiger charge is 2.27. The Morgan fingerprint density at radius 2 is 2.62 bits per heavy atom. The number of aromatic nitrogens is 2. The van der Waals surface area contributed by atoms with E-state index in [4.69, 9.17) is 10.5 Å². The largest absolute Gasteiger partial charge is 0.374 e. The predicted molar refractivity (Wildman–Crippen MR) is 69.6 cm³/mol. The second-order valence-electron chi connectivity index (χ2n) is 3.70. The van der Waals surface area contributed by atoms with Crippen LogP contribution in [0.5, 0.6) is 0 Å². The van der Waals surface area contributed by atoms with Gasteiger partial charge in [-0.15, -0.1) is 0 Å². The summed E-state index contributed by atoms with van der Waals surface area (Å²) in [4.78, 5) is 0. The Labute approximate surface area is 108 Å². The lowest BCUT2D eigenvalue weighted by Crippen LogP contribution is -2.36. The van der Waals surface area contributed by atoms with Crippen molar-refractivity contribution in [2.45, 2.75) is 25.6 Å². The van der Waals surface area contributed by atoms with E-state index >= 15 is 0 Å². The summed E-state index contributed by atoms with van der Waals surface area (Å²) in [7, 11) is 0. The highest BCUT2D eigenvalue weighted by atomic mass is 79.9. The summed E-state index contributed by atoms with van der Waals surface area (Å²) in [6.07, 6.45) is 1.89. The van der Waals surface area contributed by atoms with Gasteiger partial charge in [0.25, 0.3) is 0 Å². The monoisotopic (exact) mass is 305 g/mol. The molecule has 1 saturated heterocycles. The van der Waals surface area contributed by atoms with Gasteiger partial charge in [0.1, 0.15) is 0 Å². The smallest absolute Gasteiger partial charge is 0.0873 e. The first-order valence-electron chi connectivity index (χ1n) is 5.40. The fourth-order valence-corrected chi connectivity index (χ4v) is 3.32. The van der Waals surface area contributed by atoms with Gasteiger partial charge >= 0.3 is 0 Å². The Kier molecular flexibility index (Phi) is 4.29. The molecule has 90 valence electrons. The molecule has 0 aromatic carbocycles. The molecule has 1 aromatic heterocycles. The van der Waals surface area contributed by atoms with Crippen LogP contribution in [0.4, 0.5) is 0 Å². The molecule has 2 rings (SSSR count). The summed E-state index contributed by atoms with van der Waals surface area (Å²) in [5.74, 6) is 2.03. The first-order chi connectivity index (χ1) is 7.74. The number of halogens is 1. The summed E-state index contributed by atoms with van der Waals surface area (Å²) >= 11 is 5.40. The van der Waals surface area contributed by atoms with Crippen LogP contribution in [0.25, 0.3) is 0 Å². The van der Waals surface area contributed by atoms with E-state index in [0.29, 0.717) is 0 Å². The summed E-state index contributed by atoms with van der Waals surface area (Å²) in [5.41, 5.74) is 7.30. The molecule has 1 aliphatic heterocycles. The molecule has 0 saturated carbocycles. The molecule has 0 bridgehead atoms. The fourth-order valence-electron chi connectivity index (χ4n) is 1.84. The van der Waals surface area contributed by atoms with Crippen LogP contribution in [0.15, 0.2) is 10.7 Å². The summed E-state index contributed by atoms with van der Waals surface area (Å²) < 4.78 is 8.61. The second-order valence-corrected chi connectivity index (χ2v) is 5.71. The van der Waals surface area contributed by atoms with Gasteiger partial charge < -0.3 is 10.5 Å². The van der Waals surface area contributed by atoms with Crippen molar-refractivity contribution in [3.63, 3.8) is 0 Å². The van der Waals surface area contributed by atoms with Crippen molar-refractivity contribution in [2.75, 3.05) is 18.1 Å². The molecule has 2 N–H and O–H groups in total. The maximum Gasteiger partial charge on any atom is 0.0873 e. The lowest BCUT2D eigenvalue weighted by atomic mass is 10.1. The number of nitrogens with zero attached hydrogens (tertiary/aromatic N) is 2. The molecule has 1 aliphatic rings. The first-order valence-corrected chi connectivity index (χ1v) is 7.35. The third-order valence-electron chi connectivity index (χ3n) is 2.69. The van der Waals surface area contributed by atoms with Crippen molar-refractivity contribution >= 4 is 27.7 Å². The summed E-state index contributed by atoms with van der Waals surface area (Å²) in [5, 5.41) is 4.28. The molecular weight excluding hydrogens is 290 g/mol. The second kappa shape index (κ2) is 5.53. The standard InChI is InChI=1S/C10H16BrN3OS/c1-2-14-10(7(11)5-13-14)9(12)8-6-16-4-3-15-8/h5,8-9H,2-4,6,12H2,1H3. The Morgan fingerprint density at radius 1 is 1.81 bits per heavy atom. The van der Waals surface area contributed by atoms with Crippen LogP contribution in [0.1, 0.15) is 18.7 Å². The maximum absolute atomic E-state index is 6.26. The van der Waals surface area contributed by atoms with Crippen LogP contribution in [0.3, 0.4) is 0 Å². The van der Waals surface area contributed by atoms with Gasteiger partial charge in [-0.3, -0.25) is 4.68 Å². The van der Waals surface area contributed by atoms with Gasteiger partial charge in [0.05, 0.1) is 35.1 Å². The molecule has 1 fully saturated rings. The molecule has 4 nitrogen and oxygen atoms in total. The predicted octanol–water partition coefficient (Wildman–Crippen LogP) is 1.80. The molecule has 6 heteroatoms. The molecular formula is C10H16BrN3OS. The molecule has 0 spiro atoms. The van der Waals surface area contributed by atoms with E-state index in [1.807, 2.05) is 16.4 Å². The molecule has 0 radical (unpaired) electrons. The van der Waals surface area contributed by atoms with E-state index in [0.717, 1.165) is 34.8 Å². The van der Waals surface area contributed by atoms with Gasteiger partial charge in [0, 0.05) is 18.1 Å². The maximum atomic E-state index is 6.26. The van der Waals surface area contributed by atoms with E-state index in [1.165, 1.54) is 0 Å². The average Bonchev–Trinajstić information content (AvgIpc) is 2.70. The molecule has 1 aromatic rings. The van der Waals surface area contributed by atoms with E-state index < -0.39 is 0 Å². The lowest BCUT2D eigenvalue weighted by molar-refractivity contribution is 0.0547. The highest BCUT2D eigenvalue weighted by molar-refractivity contribution is 9.10. The zero-order valence-corrected chi connectivity index (χ0v) is 11.6. The van der Waals surface area contributed by atoms with Gasteiger partial charge in [-0.2, -0.15) is 16.9 Å². The number of hydrogen-bond donors (Lipinski definition) is 1. The van der Waals surface area contributed by atoms with Gasteiger partial charge in [-0.1, -0.05) is 0 Å². The topological polar surface area (TPSA) is 53.1 Å². The average molecular weight is 306 g/mol. The van der Waals surface area contributed by atoms with Gasteiger partial charge in [0.15, 0.2) is 0 Å². The summed E-state index contributed by atoms with van der Waals surface area (Å²) in [6, 6.07) is -0.107. The van der Waals surface area contributed by atoms with Crippen LogP contribution >= 0.6 is 27.7 Å². The van der Waals surface area contributed by atoms with Crippen molar-refractivity contribution in [2.24, 2.45) is 5.73 Å². The number of ether oxygens (including phenoxy) is 1. The zero-order chi connectivity index (χ0) is 11.5. The van der Waals surface area contributed by atoms with Crippen LogP contribution in [-0.2, 0) is 11.3 Å². The van der Waals surface area contributed by atoms with Crippen molar-refractivity contribution in [1.82, 2.24) is 9.78 Å². The third kappa shape index (κ3) is 2.45. The molecule has 2 atom stereocenters. The van der Waals surface area contributed by atoms with Gasteiger partial charge in [-0.25, -0.2) is 0 Å². The number of rotatable bonds is 3. The Morgan fingerprint density at radius 3 is 3.25 bits per heavy atom. The van der Waals surface area contributed by atoms with Crippen LogP contribution in [-0.4, -0.2) is 34.0 Å². The number of hydrogen-bond acceptors (Lipinski definition) is 4. The fraction of sp³-hybridized carbons (Fsp3) is 0.700. The minimum absolute atomic E-state index is 0.0945. The van der Waals surface area contributed by atoms with Crippen molar-refractivity contribution in [3.8, 4) is 0 Å². The molecule has 2 heterocycles. The minimum atomic E-state index is -0.107. The Balaban J connectivity index is 2.18. The normalized spacial score (nSPS) is 23.3. The van der Waals surface area contributed by atoms with Crippen LogP contribution < -0.4 is 5.73 Å². The molecule has 16 heavy (non-hydrogen) atoms. The van der Waals surface area contributed by atoms with Crippen molar-refractivity contribution in [1.29, 1.82) is 0 Å². The van der Waals surface area contributed by atoms with Crippen LogP contribution in [0, 0.1) is 0 Å². The van der Waals surface area contributed by atoms with Gasteiger partial charge in [-0.05, 0) is 22.9 Å². The summed E-state index contributed by atoms with van der Waals surface area (Å²) in [6.45, 7) is 3.68. The van der Waals surface area contributed by atoms with E-state index in [-0.39, 0.29) is 12.1 Å². The van der Waals surface area contributed by atoms with E-state index in [1.54, 1.807) is 6.20 Å². The molecule has 0 aliphatic carbocycles. The lowest BCUT2D eigenvalue weighted by Gasteiger charge is -2.28.